The molecule has 1 unspecified atom stereocenters. The van der Waals surface area contributed by atoms with Crippen LogP contribution in [0.15, 0.2) is 36.5 Å². The predicted molar refractivity (Wildman–Crippen MR) is 84.4 cm³/mol. The van der Waals surface area contributed by atoms with Crippen LogP contribution < -0.4 is 5.32 Å². The molecular formula is C16H22ClN3. The Hall–Kier alpha value is -1.32. The summed E-state index contributed by atoms with van der Waals surface area (Å²) in [5, 5.41) is 8.68. The van der Waals surface area contributed by atoms with Crippen molar-refractivity contribution in [2.75, 3.05) is 13.6 Å². The third-order valence-electron chi connectivity index (χ3n) is 3.42. The molecule has 1 N–H and O–H groups in total. The van der Waals surface area contributed by atoms with Gasteiger partial charge in [-0.2, -0.15) is 5.10 Å². The van der Waals surface area contributed by atoms with Gasteiger partial charge in [0.2, 0.25) is 0 Å². The predicted octanol–water partition coefficient (Wildman–Crippen LogP) is 3.66. The van der Waals surface area contributed by atoms with Crippen molar-refractivity contribution < 1.29 is 0 Å². The Morgan fingerprint density at radius 2 is 2.10 bits per heavy atom. The fourth-order valence-corrected chi connectivity index (χ4v) is 2.54. The minimum Gasteiger partial charge on any atom is -0.319 e. The summed E-state index contributed by atoms with van der Waals surface area (Å²) in [5.74, 6) is 0.384. The SMILES string of the molecule is CNCC(Cc1ccn(C(C)C)n1)c1cccc(Cl)c1. The van der Waals surface area contributed by atoms with Gasteiger partial charge < -0.3 is 5.32 Å². The molecule has 4 heteroatoms. The molecule has 0 amide bonds. The first-order valence-electron chi connectivity index (χ1n) is 7.04. The highest BCUT2D eigenvalue weighted by molar-refractivity contribution is 6.30. The van der Waals surface area contributed by atoms with Crippen molar-refractivity contribution in [2.24, 2.45) is 0 Å². The Kier molecular flexibility index (Phi) is 5.21. The van der Waals surface area contributed by atoms with Gasteiger partial charge in [0.05, 0.1) is 5.69 Å². The number of aromatic nitrogens is 2. The molecule has 0 aliphatic heterocycles. The van der Waals surface area contributed by atoms with Gasteiger partial charge in [-0.05, 0) is 51.1 Å². The van der Waals surface area contributed by atoms with Crippen molar-refractivity contribution >= 4 is 11.6 Å². The summed E-state index contributed by atoms with van der Waals surface area (Å²) in [6, 6.07) is 10.6. The minimum atomic E-state index is 0.384. The minimum absolute atomic E-state index is 0.384. The van der Waals surface area contributed by atoms with Gasteiger partial charge in [-0.25, -0.2) is 0 Å². The second kappa shape index (κ2) is 6.91. The monoisotopic (exact) mass is 291 g/mol. The highest BCUT2D eigenvalue weighted by Gasteiger charge is 2.14. The lowest BCUT2D eigenvalue weighted by Crippen LogP contribution is -2.19. The van der Waals surface area contributed by atoms with E-state index in [9.17, 15) is 0 Å². The van der Waals surface area contributed by atoms with E-state index >= 15 is 0 Å². The van der Waals surface area contributed by atoms with Gasteiger partial charge in [0.15, 0.2) is 0 Å². The van der Waals surface area contributed by atoms with Crippen molar-refractivity contribution in [1.29, 1.82) is 0 Å². The Labute approximate surface area is 126 Å². The molecule has 2 aromatic rings. The summed E-state index contributed by atoms with van der Waals surface area (Å²) >= 11 is 6.10. The molecule has 1 heterocycles. The van der Waals surface area contributed by atoms with Gasteiger partial charge in [0.25, 0.3) is 0 Å². The maximum Gasteiger partial charge on any atom is 0.0631 e. The zero-order valence-electron chi connectivity index (χ0n) is 12.3. The third-order valence-corrected chi connectivity index (χ3v) is 3.65. The molecule has 1 atom stereocenters. The van der Waals surface area contributed by atoms with E-state index in [4.69, 9.17) is 11.6 Å². The first-order chi connectivity index (χ1) is 9.60. The van der Waals surface area contributed by atoms with E-state index in [1.165, 1.54) is 5.56 Å². The van der Waals surface area contributed by atoms with E-state index in [1.807, 2.05) is 29.9 Å². The van der Waals surface area contributed by atoms with Gasteiger partial charge in [0, 0.05) is 29.7 Å². The fraction of sp³-hybridized carbons (Fsp3) is 0.438. The van der Waals surface area contributed by atoms with Crippen molar-refractivity contribution in [3.05, 3.63) is 52.8 Å². The summed E-state index contributed by atoms with van der Waals surface area (Å²) in [6.45, 7) is 5.19. The second-order valence-corrected chi connectivity index (χ2v) is 5.83. The maximum atomic E-state index is 6.10. The number of nitrogens with zero attached hydrogens (tertiary/aromatic N) is 2. The maximum absolute atomic E-state index is 6.10. The van der Waals surface area contributed by atoms with Crippen LogP contribution in [-0.2, 0) is 6.42 Å². The van der Waals surface area contributed by atoms with Crippen LogP contribution in [0, 0.1) is 0 Å². The van der Waals surface area contributed by atoms with E-state index < -0.39 is 0 Å². The average molecular weight is 292 g/mol. The van der Waals surface area contributed by atoms with Crippen molar-refractivity contribution in [3.8, 4) is 0 Å². The fourth-order valence-electron chi connectivity index (χ4n) is 2.34. The largest absolute Gasteiger partial charge is 0.319 e. The van der Waals surface area contributed by atoms with Crippen LogP contribution in [-0.4, -0.2) is 23.4 Å². The molecule has 0 spiro atoms. The molecule has 0 bridgehead atoms. The van der Waals surface area contributed by atoms with Crippen molar-refractivity contribution in [1.82, 2.24) is 15.1 Å². The summed E-state index contributed by atoms with van der Waals surface area (Å²) in [4.78, 5) is 0. The first kappa shape index (κ1) is 15.1. The molecule has 20 heavy (non-hydrogen) atoms. The van der Waals surface area contributed by atoms with Crippen LogP contribution in [0.4, 0.5) is 0 Å². The van der Waals surface area contributed by atoms with Crippen molar-refractivity contribution in [2.45, 2.75) is 32.2 Å². The quantitative estimate of drug-likeness (QED) is 0.880. The first-order valence-corrected chi connectivity index (χ1v) is 7.42. The molecular weight excluding hydrogens is 270 g/mol. The van der Waals surface area contributed by atoms with E-state index in [2.05, 4.69) is 42.6 Å². The number of likely N-dealkylation sites (N-methyl/N-ethyl adjacent to an activating group) is 1. The molecule has 0 saturated heterocycles. The van der Waals surface area contributed by atoms with Crippen molar-refractivity contribution in [3.63, 3.8) is 0 Å². The van der Waals surface area contributed by atoms with Gasteiger partial charge in [-0.1, -0.05) is 23.7 Å². The molecule has 0 aliphatic rings. The standard InChI is InChI=1S/C16H22ClN3/c1-12(2)20-8-7-16(19-20)10-14(11-18-3)13-5-4-6-15(17)9-13/h4-9,12,14,18H,10-11H2,1-3H3. The number of halogens is 1. The lowest BCUT2D eigenvalue weighted by Gasteiger charge is -2.16. The summed E-state index contributed by atoms with van der Waals surface area (Å²) in [6.07, 6.45) is 2.97. The molecule has 3 nitrogen and oxygen atoms in total. The summed E-state index contributed by atoms with van der Waals surface area (Å²) in [7, 11) is 1.98. The Morgan fingerprint density at radius 3 is 2.70 bits per heavy atom. The van der Waals surface area contributed by atoms with E-state index in [-0.39, 0.29) is 0 Å². The molecule has 0 fully saturated rings. The smallest absolute Gasteiger partial charge is 0.0631 e. The van der Waals surface area contributed by atoms with Gasteiger partial charge in [-0.3, -0.25) is 4.68 Å². The highest BCUT2D eigenvalue weighted by atomic mass is 35.5. The van der Waals surface area contributed by atoms with Crippen LogP contribution >= 0.6 is 11.6 Å². The van der Waals surface area contributed by atoms with Crippen LogP contribution in [0.3, 0.4) is 0 Å². The molecule has 0 saturated carbocycles. The molecule has 108 valence electrons. The van der Waals surface area contributed by atoms with Gasteiger partial charge in [0.1, 0.15) is 0 Å². The van der Waals surface area contributed by atoms with Crippen LogP contribution in [0.25, 0.3) is 0 Å². The van der Waals surface area contributed by atoms with Crippen LogP contribution in [0.2, 0.25) is 5.02 Å². The van der Waals surface area contributed by atoms with E-state index in [0.29, 0.717) is 12.0 Å². The molecule has 1 aromatic heterocycles. The second-order valence-electron chi connectivity index (χ2n) is 5.39. The normalized spacial score (nSPS) is 12.8. The van der Waals surface area contributed by atoms with Crippen LogP contribution in [0.5, 0.6) is 0 Å². The number of rotatable bonds is 6. The van der Waals surface area contributed by atoms with Crippen LogP contribution in [0.1, 0.15) is 37.1 Å². The molecule has 0 radical (unpaired) electrons. The van der Waals surface area contributed by atoms with Gasteiger partial charge in [-0.15, -0.1) is 0 Å². The summed E-state index contributed by atoms with van der Waals surface area (Å²) < 4.78 is 2.00. The molecule has 0 aliphatic carbocycles. The molecule has 2 rings (SSSR count). The highest BCUT2D eigenvalue weighted by Crippen LogP contribution is 2.23. The van der Waals surface area contributed by atoms with E-state index in [0.717, 1.165) is 23.7 Å². The lowest BCUT2D eigenvalue weighted by molar-refractivity contribution is 0.520. The number of nitrogens with one attached hydrogen (secondary N) is 1. The Balaban J connectivity index is 2.16. The summed E-state index contributed by atoms with van der Waals surface area (Å²) in [5.41, 5.74) is 2.38. The lowest BCUT2D eigenvalue weighted by atomic mass is 9.94. The number of hydrogen-bond acceptors (Lipinski definition) is 2. The number of benzene rings is 1. The Morgan fingerprint density at radius 1 is 1.30 bits per heavy atom. The number of hydrogen-bond donors (Lipinski definition) is 1. The zero-order chi connectivity index (χ0) is 14.5. The average Bonchev–Trinajstić information content (AvgIpc) is 2.87. The topological polar surface area (TPSA) is 29.9 Å². The molecule has 1 aromatic carbocycles. The third kappa shape index (κ3) is 3.84. The zero-order valence-corrected chi connectivity index (χ0v) is 13.1. The van der Waals surface area contributed by atoms with Gasteiger partial charge >= 0.3 is 0 Å². The van der Waals surface area contributed by atoms with E-state index in [1.54, 1.807) is 0 Å². The Bertz CT molecular complexity index is 548.